The highest BCUT2D eigenvalue weighted by Crippen LogP contribution is 2.18. The van der Waals surface area contributed by atoms with E-state index in [4.69, 9.17) is 21.9 Å². The third-order valence-electron chi connectivity index (χ3n) is 8.89. The molecule has 302 valence electrons. The number of unbranched alkanes of at least 4 members (excludes halogenated alkanes) is 6. The molecule has 52 heavy (non-hydrogen) atoms. The molecule has 0 aromatic rings. The molecule has 0 fully saturated rings. The van der Waals surface area contributed by atoms with Crippen molar-refractivity contribution in [1.29, 1.82) is 0 Å². The Hall–Kier alpha value is -3.06. The standard InChI is InChI=1S/C35H66N6O11/c1-4-5-6-7-15-24(38)33(49)40-25(16-9-12-19-37)27(43)21-23(14-8-11-18-36)32(48)41-26(35(51)52-3)17-10-13-20-39-34(50)31(47)30(46)29(45)28(44)22(2)42/h23-26,28-31,44-47H,4-21,36-38H2,1-3H3,(H,39,50)(H,40,49)(H,41,48)/t23-,24+,25+,26+,28?,29?,30?,31?/m1/s1. The zero-order chi connectivity index (χ0) is 39.6. The molecule has 3 amide bonds. The largest absolute Gasteiger partial charge is 0.467 e. The van der Waals surface area contributed by atoms with Crippen molar-refractivity contribution >= 4 is 35.3 Å². The summed E-state index contributed by atoms with van der Waals surface area (Å²) in [6, 6.07) is -2.71. The van der Waals surface area contributed by atoms with Gasteiger partial charge in [0, 0.05) is 18.9 Å². The Morgan fingerprint density at radius 2 is 1.19 bits per heavy atom. The summed E-state index contributed by atoms with van der Waals surface area (Å²) in [4.78, 5) is 76.2. The first-order chi connectivity index (χ1) is 24.7. The number of carbonyl (C=O) groups is 6. The number of aliphatic hydroxyl groups is 4. The lowest BCUT2D eigenvalue weighted by Gasteiger charge is -2.25. The van der Waals surface area contributed by atoms with Gasteiger partial charge in [-0.05, 0) is 77.8 Å². The lowest BCUT2D eigenvalue weighted by atomic mass is 9.90. The Labute approximate surface area is 307 Å². The number of ketones is 2. The van der Waals surface area contributed by atoms with Crippen LogP contribution in [0.1, 0.15) is 110 Å². The number of carbonyl (C=O) groups excluding carboxylic acids is 6. The summed E-state index contributed by atoms with van der Waals surface area (Å²) < 4.78 is 4.88. The number of aliphatic hydroxyl groups excluding tert-OH is 4. The van der Waals surface area contributed by atoms with Crippen LogP contribution in [0.15, 0.2) is 0 Å². The van der Waals surface area contributed by atoms with Crippen molar-refractivity contribution in [3.63, 3.8) is 0 Å². The second-order valence-electron chi connectivity index (χ2n) is 13.3. The number of ether oxygens (including phenoxy) is 1. The Balaban J connectivity index is 5.48. The molecule has 0 bridgehead atoms. The molecule has 0 aliphatic rings. The molecule has 0 heterocycles. The van der Waals surface area contributed by atoms with Gasteiger partial charge >= 0.3 is 5.97 Å². The van der Waals surface area contributed by atoms with E-state index < -0.39 is 77.9 Å². The predicted molar refractivity (Wildman–Crippen MR) is 193 cm³/mol. The maximum absolute atomic E-state index is 13.6. The van der Waals surface area contributed by atoms with Crippen LogP contribution in [0, 0.1) is 5.92 Å². The Kier molecular flexibility index (Phi) is 26.8. The van der Waals surface area contributed by atoms with Gasteiger partial charge in [0.15, 0.2) is 17.7 Å². The minimum absolute atomic E-state index is 0.0221. The number of hydrogen-bond donors (Lipinski definition) is 10. The van der Waals surface area contributed by atoms with Crippen molar-refractivity contribution in [2.75, 3.05) is 26.7 Å². The quantitative estimate of drug-likeness (QED) is 0.0288. The topological polar surface area (TPSA) is 307 Å². The lowest BCUT2D eigenvalue weighted by molar-refractivity contribution is -0.153. The molecule has 0 aromatic heterocycles. The molecule has 17 heteroatoms. The molecule has 0 aliphatic heterocycles. The molecule has 0 radical (unpaired) electrons. The minimum Gasteiger partial charge on any atom is -0.467 e. The summed E-state index contributed by atoms with van der Waals surface area (Å²) in [7, 11) is 1.16. The Morgan fingerprint density at radius 1 is 0.654 bits per heavy atom. The van der Waals surface area contributed by atoms with E-state index in [1.54, 1.807) is 0 Å². The van der Waals surface area contributed by atoms with Crippen molar-refractivity contribution in [1.82, 2.24) is 16.0 Å². The van der Waals surface area contributed by atoms with Crippen molar-refractivity contribution in [2.24, 2.45) is 23.1 Å². The Bertz CT molecular complexity index is 1080. The van der Waals surface area contributed by atoms with Crippen LogP contribution in [-0.2, 0) is 33.5 Å². The summed E-state index contributed by atoms with van der Waals surface area (Å²) in [6.07, 6.45) is -0.536. The van der Waals surface area contributed by atoms with Crippen LogP contribution in [0.4, 0.5) is 0 Å². The monoisotopic (exact) mass is 746 g/mol. The average Bonchev–Trinajstić information content (AvgIpc) is 3.12. The molecule has 0 aromatic carbocycles. The van der Waals surface area contributed by atoms with Gasteiger partial charge in [-0.3, -0.25) is 24.0 Å². The van der Waals surface area contributed by atoms with Crippen LogP contribution in [0.3, 0.4) is 0 Å². The van der Waals surface area contributed by atoms with Gasteiger partial charge in [0.1, 0.15) is 24.4 Å². The van der Waals surface area contributed by atoms with Crippen LogP contribution in [-0.4, -0.2) is 125 Å². The molecule has 0 aliphatic carbocycles. The SMILES string of the molecule is CCCCCC[C@H](N)C(=O)N[C@@H](CCCCN)C(=O)C[C@@H](CCCCN)C(=O)N[C@@H](CCCCNC(=O)C(O)C(O)C(O)C(O)C(C)=O)C(=O)OC. The zero-order valence-electron chi connectivity index (χ0n) is 31.2. The molecular formula is C35H66N6O11. The maximum atomic E-state index is 13.6. The van der Waals surface area contributed by atoms with Crippen LogP contribution < -0.4 is 33.2 Å². The van der Waals surface area contributed by atoms with Crippen molar-refractivity contribution in [3.05, 3.63) is 0 Å². The highest BCUT2D eigenvalue weighted by molar-refractivity contribution is 5.94. The average molecular weight is 747 g/mol. The van der Waals surface area contributed by atoms with Gasteiger partial charge in [-0.15, -0.1) is 0 Å². The van der Waals surface area contributed by atoms with Crippen molar-refractivity contribution < 1.29 is 53.9 Å². The van der Waals surface area contributed by atoms with Gasteiger partial charge < -0.3 is 58.3 Å². The fourth-order valence-corrected chi connectivity index (χ4v) is 5.49. The van der Waals surface area contributed by atoms with Gasteiger partial charge in [0.25, 0.3) is 5.91 Å². The van der Waals surface area contributed by atoms with E-state index in [9.17, 15) is 49.2 Å². The van der Waals surface area contributed by atoms with E-state index in [1.807, 2.05) is 0 Å². The molecule has 17 nitrogen and oxygen atoms in total. The highest BCUT2D eigenvalue weighted by Gasteiger charge is 2.36. The number of amides is 3. The van der Waals surface area contributed by atoms with Crippen molar-refractivity contribution in [3.8, 4) is 0 Å². The second kappa shape index (κ2) is 28.4. The molecule has 0 saturated carbocycles. The first-order valence-corrected chi connectivity index (χ1v) is 18.5. The summed E-state index contributed by atoms with van der Waals surface area (Å²) in [6.45, 7) is 3.83. The van der Waals surface area contributed by atoms with Gasteiger partial charge in [0.2, 0.25) is 11.8 Å². The third kappa shape index (κ3) is 19.7. The number of nitrogens with one attached hydrogen (secondary N) is 3. The van der Waals surface area contributed by atoms with Gasteiger partial charge in [-0.25, -0.2) is 4.79 Å². The normalized spacial score (nSPS) is 16.0. The highest BCUT2D eigenvalue weighted by atomic mass is 16.5. The van der Waals surface area contributed by atoms with E-state index in [1.165, 1.54) is 0 Å². The van der Waals surface area contributed by atoms with E-state index in [2.05, 4.69) is 22.9 Å². The number of esters is 1. The lowest BCUT2D eigenvalue weighted by Crippen LogP contribution is -2.52. The number of hydrogen-bond acceptors (Lipinski definition) is 14. The van der Waals surface area contributed by atoms with Crippen LogP contribution in [0.5, 0.6) is 0 Å². The number of nitrogens with two attached hydrogens (primary N) is 3. The molecule has 4 unspecified atom stereocenters. The fraction of sp³-hybridized carbons (Fsp3) is 0.829. The molecule has 0 spiro atoms. The third-order valence-corrected chi connectivity index (χ3v) is 8.89. The molecular weight excluding hydrogens is 680 g/mol. The van der Waals surface area contributed by atoms with Crippen molar-refractivity contribution in [2.45, 2.75) is 153 Å². The number of rotatable bonds is 31. The van der Waals surface area contributed by atoms with Gasteiger partial charge in [-0.2, -0.15) is 0 Å². The summed E-state index contributed by atoms with van der Waals surface area (Å²) in [5, 5.41) is 47.2. The van der Waals surface area contributed by atoms with Crippen LogP contribution in [0.25, 0.3) is 0 Å². The van der Waals surface area contributed by atoms with Crippen LogP contribution >= 0.6 is 0 Å². The fourth-order valence-electron chi connectivity index (χ4n) is 5.49. The molecule has 13 N–H and O–H groups in total. The molecule has 0 saturated heterocycles. The van der Waals surface area contributed by atoms with E-state index in [0.717, 1.165) is 39.7 Å². The smallest absolute Gasteiger partial charge is 0.328 e. The maximum Gasteiger partial charge on any atom is 0.328 e. The molecule has 0 rings (SSSR count). The number of Topliss-reactive ketones (excluding diaryl/α,β-unsaturated/α-hetero) is 2. The Morgan fingerprint density at radius 3 is 1.77 bits per heavy atom. The second-order valence-corrected chi connectivity index (χ2v) is 13.3. The number of methoxy groups -OCH3 is 1. The first-order valence-electron chi connectivity index (χ1n) is 18.5. The van der Waals surface area contributed by atoms with E-state index in [0.29, 0.717) is 58.0 Å². The molecule has 8 atom stereocenters. The summed E-state index contributed by atoms with van der Waals surface area (Å²) in [5.41, 5.74) is 17.4. The first kappa shape index (κ1) is 48.9. The predicted octanol–water partition coefficient (Wildman–Crippen LogP) is -1.42. The minimum atomic E-state index is -2.13. The summed E-state index contributed by atoms with van der Waals surface area (Å²) in [5.74, 6) is -4.78. The van der Waals surface area contributed by atoms with E-state index >= 15 is 0 Å². The van der Waals surface area contributed by atoms with Gasteiger partial charge in [0.05, 0.1) is 19.2 Å². The van der Waals surface area contributed by atoms with E-state index in [-0.39, 0.29) is 38.0 Å². The van der Waals surface area contributed by atoms with Gasteiger partial charge in [-0.1, -0.05) is 39.0 Å². The summed E-state index contributed by atoms with van der Waals surface area (Å²) >= 11 is 0. The van der Waals surface area contributed by atoms with Crippen LogP contribution in [0.2, 0.25) is 0 Å². The zero-order valence-corrected chi connectivity index (χ0v) is 31.2.